The maximum absolute atomic E-state index is 13.2. The van der Waals surface area contributed by atoms with Gasteiger partial charge in [-0.1, -0.05) is 6.07 Å². The number of aliphatic hydroxyl groups is 1. The molecule has 1 aliphatic heterocycles. The lowest BCUT2D eigenvalue weighted by Crippen LogP contribution is -2.32. The van der Waals surface area contributed by atoms with Crippen molar-refractivity contribution in [1.29, 1.82) is 0 Å². The minimum Gasteiger partial charge on any atom is -0.392 e. The van der Waals surface area contributed by atoms with Gasteiger partial charge in [-0.25, -0.2) is 17.5 Å². The quantitative estimate of drug-likeness (QED) is 0.851. The number of rotatable bonds is 5. The molecule has 1 aromatic carbocycles. The second-order valence-corrected chi connectivity index (χ2v) is 6.55. The van der Waals surface area contributed by atoms with E-state index in [-0.39, 0.29) is 16.4 Å². The summed E-state index contributed by atoms with van der Waals surface area (Å²) < 4.78 is 45.3. The molecule has 0 saturated carbocycles. The summed E-state index contributed by atoms with van der Waals surface area (Å²) in [6.07, 6.45) is 1.61. The van der Waals surface area contributed by atoms with Gasteiger partial charge < -0.3 is 9.84 Å². The predicted molar refractivity (Wildman–Crippen MR) is 71.1 cm³/mol. The van der Waals surface area contributed by atoms with Crippen molar-refractivity contribution in [2.45, 2.75) is 24.3 Å². The van der Waals surface area contributed by atoms with Crippen LogP contribution in [0.2, 0.25) is 0 Å². The van der Waals surface area contributed by atoms with Gasteiger partial charge in [-0.15, -0.1) is 0 Å². The van der Waals surface area contributed by atoms with Crippen molar-refractivity contribution in [2.75, 3.05) is 19.8 Å². The van der Waals surface area contributed by atoms with Crippen molar-refractivity contribution < 1.29 is 22.7 Å². The number of sulfonamides is 1. The van der Waals surface area contributed by atoms with E-state index < -0.39 is 22.4 Å². The van der Waals surface area contributed by atoms with E-state index in [1.54, 1.807) is 0 Å². The van der Waals surface area contributed by atoms with Crippen molar-refractivity contribution in [2.24, 2.45) is 5.92 Å². The molecule has 112 valence electrons. The van der Waals surface area contributed by atoms with Crippen LogP contribution in [-0.4, -0.2) is 33.3 Å². The van der Waals surface area contributed by atoms with E-state index in [9.17, 15) is 12.8 Å². The second-order valence-electron chi connectivity index (χ2n) is 4.82. The molecule has 0 spiro atoms. The maximum atomic E-state index is 13.2. The van der Waals surface area contributed by atoms with Crippen LogP contribution >= 0.6 is 0 Å². The molecule has 0 atom stereocenters. The van der Waals surface area contributed by atoms with Gasteiger partial charge in [0.1, 0.15) is 5.82 Å². The number of aliphatic hydroxyl groups excluding tert-OH is 1. The summed E-state index contributed by atoms with van der Waals surface area (Å²) in [5.74, 6) is -0.418. The van der Waals surface area contributed by atoms with E-state index in [0.29, 0.717) is 19.8 Å². The first-order valence-corrected chi connectivity index (χ1v) is 7.98. The van der Waals surface area contributed by atoms with Gasteiger partial charge in [0.15, 0.2) is 0 Å². The number of ether oxygens (including phenoxy) is 1. The molecule has 7 heteroatoms. The standard InChI is InChI=1S/C13H18FNO4S/c14-12-2-1-11(9-16)13(7-12)20(17,18)15-8-10-3-5-19-6-4-10/h1-2,7,10,15-16H,3-6,8-9H2. The topological polar surface area (TPSA) is 75.6 Å². The number of hydrogen-bond donors (Lipinski definition) is 2. The summed E-state index contributed by atoms with van der Waals surface area (Å²) in [5, 5.41) is 9.16. The molecule has 1 fully saturated rings. The Bertz CT molecular complexity index is 555. The van der Waals surface area contributed by atoms with Gasteiger partial charge in [0.25, 0.3) is 0 Å². The van der Waals surface area contributed by atoms with Gasteiger partial charge >= 0.3 is 0 Å². The molecule has 20 heavy (non-hydrogen) atoms. The van der Waals surface area contributed by atoms with E-state index >= 15 is 0 Å². The molecule has 0 aliphatic carbocycles. The molecule has 1 aromatic rings. The highest BCUT2D eigenvalue weighted by molar-refractivity contribution is 7.89. The molecule has 5 nitrogen and oxygen atoms in total. The SMILES string of the molecule is O=S(=O)(NCC1CCOCC1)c1cc(F)ccc1CO. The minimum absolute atomic E-state index is 0.186. The smallest absolute Gasteiger partial charge is 0.241 e. The van der Waals surface area contributed by atoms with E-state index in [1.165, 1.54) is 6.07 Å². The van der Waals surface area contributed by atoms with E-state index in [2.05, 4.69) is 4.72 Å². The summed E-state index contributed by atoms with van der Waals surface area (Å²) in [6.45, 7) is 1.11. The van der Waals surface area contributed by atoms with E-state index in [4.69, 9.17) is 9.84 Å². The Hall–Kier alpha value is -1.02. The monoisotopic (exact) mass is 303 g/mol. The van der Waals surface area contributed by atoms with Gasteiger partial charge in [0.2, 0.25) is 10.0 Å². The van der Waals surface area contributed by atoms with Crippen LogP contribution in [0.1, 0.15) is 18.4 Å². The fraction of sp³-hybridized carbons (Fsp3) is 0.538. The Morgan fingerprint density at radius 1 is 1.35 bits per heavy atom. The third-order valence-electron chi connectivity index (χ3n) is 3.39. The fourth-order valence-corrected chi connectivity index (χ4v) is 3.52. The molecule has 1 heterocycles. The third-order valence-corrected chi connectivity index (χ3v) is 4.90. The van der Waals surface area contributed by atoms with Gasteiger partial charge in [0, 0.05) is 19.8 Å². The van der Waals surface area contributed by atoms with Crippen LogP contribution in [0.25, 0.3) is 0 Å². The molecule has 2 N–H and O–H groups in total. The molecule has 0 radical (unpaired) electrons. The van der Waals surface area contributed by atoms with Crippen LogP contribution in [0, 0.1) is 11.7 Å². The Balaban J connectivity index is 2.11. The average Bonchev–Trinajstić information content (AvgIpc) is 2.46. The zero-order valence-corrected chi connectivity index (χ0v) is 11.8. The van der Waals surface area contributed by atoms with E-state index in [0.717, 1.165) is 25.0 Å². The van der Waals surface area contributed by atoms with Crippen LogP contribution in [0.5, 0.6) is 0 Å². The lowest BCUT2D eigenvalue weighted by atomic mass is 10.0. The lowest BCUT2D eigenvalue weighted by Gasteiger charge is -2.22. The van der Waals surface area contributed by atoms with Crippen molar-refractivity contribution >= 4 is 10.0 Å². The summed E-state index contributed by atoms with van der Waals surface area (Å²) in [5.41, 5.74) is 0.186. The number of nitrogens with one attached hydrogen (secondary N) is 1. The third kappa shape index (κ3) is 3.76. The van der Waals surface area contributed by atoms with Crippen LogP contribution in [-0.2, 0) is 21.4 Å². The number of hydrogen-bond acceptors (Lipinski definition) is 4. The predicted octanol–water partition coefficient (Wildman–Crippen LogP) is 1.02. The van der Waals surface area contributed by atoms with Crippen LogP contribution in [0.4, 0.5) is 4.39 Å². The Labute approximate surface area is 117 Å². The van der Waals surface area contributed by atoms with Gasteiger partial charge in [0.05, 0.1) is 11.5 Å². The summed E-state index contributed by atoms with van der Waals surface area (Å²) in [4.78, 5) is -0.202. The Kier molecular flexibility index (Phi) is 5.09. The van der Waals surface area contributed by atoms with E-state index in [1.807, 2.05) is 0 Å². The largest absolute Gasteiger partial charge is 0.392 e. The molecular formula is C13H18FNO4S. The summed E-state index contributed by atoms with van der Waals surface area (Å²) >= 11 is 0. The minimum atomic E-state index is -3.82. The molecule has 0 unspecified atom stereocenters. The van der Waals surface area contributed by atoms with Gasteiger partial charge in [-0.3, -0.25) is 0 Å². The molecule has 2 rings (SSSR count). The first-order chi connectivity index (χ1) is 9.53. The van der Waals surface area contributed by atoms with Crippen LogP contribution in [0.15, 0.2) is 23.1 Å². The number of halogens is 1. The lowest BCUT2D eigenvalue weighted by molar-refractivity contribution is 0.0678. The first-order valence-electron chi connectivity index (χ1n) is 6.49. The molecule has 1 aliphatic rings. The van der Waals surface area contributed by atoms with Crippen molar-refractivity contribution in [3.63, 3.8) is 0 Å². The zero-order valence-electron chi connectivity index (χ0n) is 11.0. The van der Waals surface area contributed by atoms with Crippen LogP contribution < -0.4 is 4.72 Å². The molecule has 0 amide bonds. The summed E-state index contributed by atoms with van der Waals surface area (Å²) in [7, 11) is -3.82. The Morgan fingerprint density at radius 3 is 2.70 bits per heavy atom. The number of benzene rings is 1. The molecule has 1 saturated heterocycles. The highest BCUT2D eigenvalue weighted by Gasteiger charge is 2.21. The van der Waals surface area contributed by atoms with Crippen molar-refractivity contribution in [3.8, 4) is 0 Å². The van der Waals surface area contributed by atoms with Gasteiger partial charge in [-0.2, -0.15) is 0 Å². The highest BCUT2D eigenvalue weighted by atomic mass is 32.2. The van der Waals surface area contributed by atoms with Crippen LogP contribution in [0.3, 0.4) is 0 Å². The zero-order chi connectivity index (χ0) is 14.6. The maximum Gasteiger partial charge on any atom is 0.241 e. The molecule has 0 bridgehead atoms. The second kappa shape index (κ2) is 6.62. The Morgan fingerprint density at radius 2 is 2.05 bits per heavy atom. The fourth-order valence-electron chi connectivity index (χ4n) is 2.16. The highest BCUT2D eigenvalue weighted by Crippen LogP contribution is 2.19. The average molecular weight is 303 g/mol. The normalized spacial score (nSPS) is 17.3. The molecular weight excluding hydrogens is 285 g/mol. The first kappa shape index (κ1) is 15.4. The van der Waals surface area contributed by atoms with Crippen molar-refractivity contribution in [1.82, 2.24) is 4.72 Å². The summed E-state index contributed by atoms with van der Waals surface area (Å²) in [6, 6.07) is 3.33. The molecule has 0 aromatic heterocycles. The van der Waals surface area contributed by atoms with Gasteiger partial charge in [-0.05, 0) is 36.5 Å². The van der Waals surface area contributed by atoms with Crippen molar-refractivity contribution in [3.05, 3.63) is 29.6 Å².